The summed E-state index contributed by atoms with van der Waals surface area (Å²) in [6, 6.07) is 10.5. The average Bonchev–Trinajstić information content (AvgIpc) is 2.67. The summed E-state index contributed by atoms with van der Waals surface area (Å²) < 4.78 is 13.9. The minimum Gasteiger partial charge on any atom is -0.366 e. The van der Waals surface area contributed by atoms with Crippen molar-refractivity contribution in [3.63, 3.8) is 0 Å². The van der Waals surface area contributed by atoms with Crippen molar-refractivity contribution < 1.29 is 9.18 Å². The van der Waals surface area contributed by atoms with E-state index in [2.05, 4.69) is 10.3 Å². The molecule has 0 saturated carbocycles. The van der Waals surface area contributed by atoms with Crippen molar-refractivity contribution in [3.05, 3.63) is 54.0 Å². The van der Waals surface area contributed by atoms with Gasteiger partial charge in [0, 0.05) is 53.0 Å². The molecule has 0 radical (unpaired) electrons. The monoisotopic (exact) mass is 357 g/mol. The van der Waals surface area contributed by atoms with Crippen molar-refractivity contribution in [1.82, 2.24) is 15.2 Å². The van der Waals surface area contributed by atoms with Gasteiger partial charge in [-0.2, -0.15) is 0 Å². The Labute approximate surface area is 153 Å². The minimum absolute atomic E-state index is 0.102. The molecule has 1 aromatic heterocycles. The molecule has 7 heteroatoms. The second-order valence-corrected chi connectivity index (χ2v) is 6.50. The summed E-state index contributed by atoms with van der Waals surface area (Å²) in [6.07, 6.45) is 1.77. The fourth-order valence-electron chi connectivity index (χ4n) is 2.93. The number of carbonyl (C=O) groups excluding carboxylic acids is 1. The number of pyridine rings is 1. The Bertz CT molecular complexity index is 742. The number of hydrogen-bond donors (Lipinski definition) is 1. The zero-order valence-corrected chi connectivity index (χ0v) is 15.2. The zero-order valence-electron chi connectivity index (χ0n) is 15.2. The first-order valence-corrected chi connectivity index (χ1v) is 8.69. The topological polar surface area (TPSA) is 51.7 Å². The van der Waals surface area contributed by atoms with Crippen molar-refractivity contribution in [2.45, 2.75) is 6.54 Å². The Balaban J connectivity index is 1.48. The maximum absolute atomic E-state index is 13.9. The number of hydrogen-bond acceptors (Lipinski definition) is 4. The van der Waals surface area contributed by atoms with E-state index in [4.69, 9.17) is 0 Å². The fraction of sp³-hybridized carbons (Fsp3) is 0.368. The van der Waals surface area contributed by atoms with Gasteiger partial charge in [-0.3, -0.25) is 0 Å². The third kappa shape index (κ3) is 4.22. The van der Waals surface area contributed by atoms with Crippen LogP contribution in [0.2, 0.25) is 0 Å². The van der Waals surface area contributed by atoms with Gasteiger partial charge in [0.05, 0.1) is 5.69 Å². The quantitative estimate of drug-likeness (QED) is 0.912. The lowest BCUT2D eigenvalue weighted by Crippen LogP contribution is -2.51. The number of anilines is 2. The number of nitrogens with zero attached hydrogens (tertiary/aromatic N) is 4. The van der Waals surface area contributed by atoms with E-state index < -0.39 is 0 Å². The standard InChI is InChI=1S/C19H24FN5O/c1-23(2)18-8-7-15(13-21-18)14-22-19(26)25-11-9-24(10-12-25)17-6-4-3-5-16(17)20/h3-8,13H,9-12,14H2,1-2H3,(H,22,26). The summed E-state index contributed by atoms with van der Waals surface area (Å²) >= 11 is 0. The number of halogens is 1. The van der Waals surface area contributed by atoms with Gasteiger partial charge in [0.2, 0.25) is 0 Å². The molecule has 1 saturated heterocycles. The average molecular weight is 357 g/mol. The van der Waals surface area contributed by atoms with Crippen molar-refractivity contribution in [2.75, 3.05) is 50.1 Å². The van der Waals surface area contributed by atoms with Gasteiger partial charge in [-0.1, -0.05) is 18.2 Å². The summed E-state index contributed by atoms with van der Waals surface area (Å²) in [5, 5.41) is 2.92. The van der Waals surface area contributed by atoms with Crippen molar-refractivity contribution in [3.8, 4) is 0 Å². The summed E-state index contributed by atoms with van der Waals surface area (Å²) in [5.74, 6) is 0.656. The molecule has 2 aromatic rings. The van der Waals surface area contributed by atoms with Crippen LogP contribution in [0.25, 0.3) is 0 Å². The van der Waals surface area contributed by atoms with Crippen LogP contribution in [-0.2, 0) is 6.54 Å². The second-order valence-electron chi connectivity index (χ2n) is 6.50. The van der Waals surface area contributed by atoms with Crippen LogP contribution in [0.15, 0.2) is 42.6 Å². The van der Waals surface area contributed by atoms with Gasteiger partial charge in [-0.25, -0.2) is 14.2 Å². The third-order valence-electron chi connectivity index (χ3n) is 4.47. The minimum atomic E-state index is -0.223. The van der Waals surface area contributed by atoms with E-state index in [-0.39, 0.29) is 11.8 Å². The number of amides is 2. The number of para-hydroxylation sites is 1. The van der Waals surface area contributed by atoms with Gasteiger partial charge in [-0.05, 0) is 23.8 Å². The number of piperazine rings is 1. The Kier molecular flexibility index (Phi) is 5.55. The number of carbonyl (C=O) groups is 1. The van der Waals surface area contributed by atoms with Crippen LogP contribution in [0.3, 0.4) is 0 Å². The molecule has 1 aliphatic rings. The lowest BCUT2D eigenvalue weighted by Gasteiger charge is -2.36. The van der Waals surface area contributed by atoms with Crippen molar-refractivity contribution in [2.24, 2.45) is 0 Å². The summed E-state index contributed by atoms with van der Waals surface area (Å²) in [5.41, 5.74) is 1.55. The van der Waals surface area contributed by atoms with Gasteiger partial charge >= 0.3 is 6.03 Å². The molecule has 0 aliphatic carbocycles. The highest BCUT2D eigenvalue weighted by atomic mass is 19.1. The van der Waals surface area contributed by atoms with Crippen LogP contribution in [0.4, 0.5) is 20.7 Å². The summed E-state index contributed by atoms with van der Waals surface area (Å²) in [6.45, 7) is 2.81. The molecule has 2 amide bonds. The first-order valence-electron chi connectivity index (χ1n) is 8.69. The summed E-state index contributed by atoms with van der Waals surface area (Å²) in [7, 11) is 3.87. The maximum atomic E-state index is 13.9. The van der Waals surface area contributed by atoms with Crippen LogP contribution in [0.1, 0.15) is 5.56 Å². The van der Waals surface area contributed by atoms with Crippen LogP contribution in [0, 0.1) is 5.82 Å². The molecule has 2 heterocycles. The highest BCUT2D eigenvalue weighted by Gasteiger charge is 2.22. The third-order valence-corrected chi connectivity index (χ3v) is 4.47. The maximum Gasteiger partial charge on any atom is 0.317 e. The fourth-order valence-corrected chi connectivity index (χ4v) is 2.93. The Hall–Kier alpha value is -2.83. The molecular weight excluding hydrogens is 333 g/mol. The van der Waals surface area contributed by atoms with E-state index in [1.165, 1.54) is 6.07 Å². The molecule has 26 heavy (non-hydrogen) atoms. The lowest BCUT2D eigenvalue weighted by atomic mass is 10.2. The predicted octanol–water partition coefficient (Wildman–Crippen LogP) is 2.32. The first kappa shape index (κ1) is 18.0. The molecule has 3 rings (SSSR count). The zero-order chi connectivity index (χ0) is 18.5. The summed E-state index contributed by atoms with van der Waals surface area (Å²) in [4.78, 5) is 22.4. The van der Waals surface area contributed by atoms with Crippen molar-refractivity contribution >= 4 is 17.5 Å². The van der Waals surface area contributed by atoms with Gasteiger partial charge < -0.3 is 20.0 Å². The molecule has 0 atom stereocenters. The molecule has 0 spiro atoms. The number of aromatic nitrogens is 1. The predicted molar refractivity (Wildman–Crippen MR) is 101 cm³/mol. The normalized spacial score (nSPS) is 14.3. The van der Waals surface area contributed by atoms with Gasteiger partial charge in [0.25, 0.3) is 0 Å². The number of rotatable bonds is 4. The largest absolute Gasteiger partial charge is 0.366 e. The Morgan fingerprint density at radius 1 is 1.15 bits per heavy atom. The lowest BCUT2D eigenvalue weighted by molar-refractivity contribution is 0.194. The number of benzene rings is 1. The second kappa shape index (κ2) is 8.03. The van der Waals surface area contributed by atoms with Gasteiger partial charge in [0.1, 0.15) is 11.6 Å². The van der Waals surface area contributed by atoms with Crippen LogP contribution in [-0.4, -0.2) is 56.2 Å². The molecule has 0 bridgehead atoms. The van der Waals surface area contributed by atoms with E-state index >= 15 is 0 Å². The van der Waals surface area contributed by atoms with E-state index in [1.54, 1.807) is 23.2 Å². The van der Waals surface area contributed by atoms with E-state index in [0.29, 0.717) is 38.4 Å². The van der Waals surface area contributed by atoms with E-state index in [0.717, 1.165) is 11.4 Å². The molecule has 1 N–H and O–H groups in total. The number of nitrogens with one attached hydrogen (secondary N) is 1. The molecule has 138 valence electrons. The molecule has 0 unspecified atom stereocenters. The van der Waals surface area contributed by atoms with E-state index in [9.17, 15) is 9.18 Å². The number of urea groups is 1. The van der Waals surface area contributed by atoms with E-state index in [1.807, 2.05) is 42.1 Å². The van der Waals surface area contributed by atoms with Crippen LogP contribution >= 0.6 is 0 Å². The molecule has 1 aromatic carbocycles. The smallest absolute Gasteiger partial charge is 0.317 e. The Morgan fingerprint density at radius 3 is 2.50 bits per heavy atom. The van der Waals surface area contributed by atoms with Crippen LogP contribution < -0.4 is 15.1 Å². The molecular formula is C19H24FN5O. The molecule has 1 fully saturated rings. The highest BCUT2D eigenvalue weighted by Crippen LogP contribution is 2.20. The first-order chi connectivity index (χ1) is 12.5. The van der Waals surface area contributed by atoms with Crippen LogP contribution in [0.5, 0.6) is 0 Å². The Morgan fingerprint density at radius 2 is 1.88 bits per heavy atom. The molecule has 6 nitrogen and oxygen atoms in total. The van der Waals surface area contributed by atoms with Gasteiger partial charge in [-0.15, -0.1) is 0 Å². The highest BCUT2D eigenvalue weighted by molar-refractivity contribution is 5.74. The van der Waals surface area contributed by atoms with Gasteiger partial charge in [0.15, 0.2) is 0 Å². The SMILES string of the molecule is CN(C)c1ccc(CNC(=O)N2CCN(c3ccccc3F)CC2)cn1. The van der Waals surface area contributed by atoms with Crippen molar-refractivity contribution in [1.29, 1.82) is 0 Å². The molecule has 1 aliphatic heterocycles.